The Balaban J connectivity index is 0.000000589. The van der Waals surface area contributed by atoms with Crippen LogP contribution in [0.15, 0.2) is 73.1 Å². The highest BCUT2D eigenvalue weighted by Crippen LogP contribution is 2.16. The van der Waals surface area contributed by atoms with E-state index in [1.54, 1.807) is 6.20 Å². The molecule has 0 unspecified atom stereocenters. The lowest BCUT2D eigenvalue weighted by Gasteiger charge is -2.11. The minimum atomic E-state index is -0.168. The number of pyridine rings is 2. The van der Waals surface area contributed by atoms with E-state index in [2.05, 4.69) is 32.0 Å². The molecule has 0 fully saturated rings. The number of aryl methyl sites for hydroxylation is 1. The fourth-order valence-electron chi connectivity index (χ4n) is 3.21. The molecule has 0 saturated carbocycles. The highest BCUT2D eigenvalue weighted by molar-refractivity contribution is 5.69. The molecular formula is C27H37N5O2. The Hall–Kier alpha value is -3.45. The summed E-state index contributed by atoms with van der Waals surface area (Å²) in [6.45, 7) is 4.99. The predicted molar refractivity (Wildman–Crippen MR) is 139 cm³/mol. The number of benzene rings is 1. The number of nitrogens with one attached hydrogen (secondary N) is 3. The lowest BCUT2D eigenvalue weighted by atomic mass is 10.1. The van der Waals surface area contributed by atoms with Gasteiger partial charge in [0, 0.05) is 38.1 Å². The second-order valence-electron chi connectivity index (χ2n) is 7.55. The van der Waals surface area contributed by atoms with E-state index in [1.807, 2.05) is 74.8 Å². The second kappa shape index (κ2) is 17.1. The molecule has 0 aliphatic heterocycles. The summed E-state index contributed by atoms with van der Waals surface area (Å²) >= 11 is 0. The molecule has 0 amide bonds. The maximum Gasteiger partial charge on any atom is 0.306 e. The van der Waals surface area contributed by atoms with Crippen LogP contribution in [0.2, 0.25) is 0 Å². The minimum Gasteiger partial charge on any atom is -0.466 e. The van der Waals surface area contributed by atoms with Crippen molar-refractivity contribution in [2.75, 3.05) is 43.9 Å². The minimum absolute atomic E-state index is 0.168. The Kier molecular flexibility index (Phi) is 13.5. The Bertz CT molecular complexity index is 910. The van der Waals surface area contributed by atoms with E-state index in [0.717, 1.165) is 49.7 Å². The zero-order valence-electron chi connectivity index (χ0n) is 20.3. The van der Waals surface area contributed by atoms with Gasteiger partial charge < -0.3 is 20.7 Å². The van der Waals surface area contributed by atoms with Gasteiger partial charge in [-0.2, -0.15) is 0 Å². The van der Waals surface area contributed by atoms with Gasteiger partial charge in [0.15, 0.2) is 0 Å². The summed E-state index contributed by atoms with van der Waals surface area (Å²) in [6.07, 6.45) is 6.55. The second-order valence-corrected chi connectivity index (χ2v) is 7.55. The topological polar surface area (TPSA) is 88.2 Å². The summed E-state index contributed by atoms with van der Waals surface area (Å²) in [7, 11) is 1.87. The molecule has 1 aromatic carbocycles. The normalized spacial score (nSPS) is 10.1. The van der Waals surface area contributed by atoms with E-state index >= 15 is 0 Å². The molecule has 0 atom stereocenters. The first-order valence-corrected chi connectivity index (χ1v) is 11.9. The number of esters is 1. The van der Waals surface area contributed by atoms with Gasteiger partial charge in [0.1, 0.15) is 5.82 Å². The van der Waals surface area contributed by atoms with Crippen LogP contribution in [0.5, 0.6) is 0 Å². The summed E-state index contributed by atoms with van der Waals surface area (Å²) in [5.41, 5.74) is 3.19. The van der Waals surface area contributed by atoms with Crippen molar-refractivity contribution in [1.82, 2.24) is 15.3 Å². The standard InChI is InChI=1S/C21H31N5O2.C6H6/c1-3-28-20(27)8-7-18-16-17(10-15-24-18)9-14-23-11-5-13-25-19-6-4-12-26-21(19)22-2;1-2-4-6-5-3-1/h4,6,10,12,15-16,23,25H,3,5,7-9,11,13-14H2,1-2H3,(H,22,26);1-6H. The molecule has 0 aliphatic carbocycles. The SMILES string of the molecule is CCOC(=O)CCc1cc(CCNCCCNc2cccnc2NC)ccn1.c1ccccc1. The number of ether oxygens (including phenoxy) is 1. The van der Waals surface area contributed by atoms with E-state index in [-0.39, 0.29) is 5.97 Å². The monoisotopic (exact) mass is 463 g/mol. The van der Waals surface area contributed by atoms with E-state index < -0.39 is 0 Å². The Morgan fingerprint density at radius 3 is 2.38 bits per heavy atom. The smallest absolute Gasteiger partial charge is 0.306 e. The Labute approximate surface area is 203 Å². The molecule has 0 radical (unpaired) electrons. The number of rotatable bonds is 13. The maximum atomic E-state index is 11.5. The van der Waals surface area contributed by atoms with Gasteiger partial charge in [-0.05, 0) is 62.7 Å². The van der Waals surface area contributed by atoms with Crippen LogP contribution in [0.3, 0.4) is 0 Å². The molecule has 0 bridgehead atoms. The lowest BCUT2D eigenvalue weighted by Crippen LogP contribution is -2.21. The summed E-state index contributed by atoms with van der Waals surface area (Å²) in [5, 5.41) is 9.95. The van der Waals surface area contributed by atoms with Crippen molar-refractivity contribution in [3.8, 4) is 0 Å². The quantitative estimate of drug-likeness (QED) is 0.257. The molecule has 7 nitrogen and oxygen atoms in total. The average Bonchev–Trinajstić information content (AvgIpc) is 2.89. The molecule has 3 aromatic rings. The van der Waals surface area contributed by atoms with Crippen LogP contribution in [0.25, 0.3) is 0 Å². The van der Waals surface area contributed by atoms with E-state index in [1.165, 1.54) is 5.56 Å². The van der Waals surface area contributed by atoms with Crippen molar-refractivity contribution in [2.45, 2.75) is 32.6 Å². The van der Waals surface area contributed by atoms with Crippen LogP contribution in [0.4, 0.5) is 11.5 Å². The number of hydrogen-bond donors (Lipinski definition) is 3. The largest absolute Gasteiger partial charge is 0.466 e. The van der Waals surface area contributed by atoms with E-state index in [9.17, 15) is 4.79 Å². The van der Waals surface area contributed by atoms with Crippen LogP contribution in [-0.2, 0) is 22.4 Å². The molecule has 2 heterocycles. The third kappa shape index (κ3) is 11.4. The molecule has 182 valence electrons. The number of carbonyl (C=O) groups is 1. The average molecular weight is 464 g/mol. The fourth-order valence-corrected chi connectivity index (χ4v) is 3.21. The van der Waals surface area contributed by atoms with Gasteiger partial charge in [-0.15, -0.1) is 0 Å². The third-order valence-electron chi connectivity index (χ3n) is 4.92. The lowest BCUT2D eigenvalue weighted by molar-refractivity contribution is -0.143. The summed E-state index contributed by atoms with van der Waals surface area (Å²) < 4.78 is 4.96. The van der Waals surface area contributed by atoms with Crippen molar-refractivity contribution < 1.29 is 9.53 Å². The van der Waals surface area contributed by atoms with Crippen molar-refractivity contribution in [1.29, 1.82) is 0 Å². The predicted octanol–water partition coefficient (Wildman–Crippen LogP) is 4.33. The van der Waals surface area contributed by atoms with Crippen LogP contribution >= 0.6 is 0 Å². The van der Waals surface area contributed by atoms with Gasteiger partial charge in [-0.1, -0.05) is 36.4 Å². The number of carbonyl (C=O) groups excluding carboxylic acids is 1. The molecule has 0 saturated heterocycles. The van der Waals surface area contributed by atoms with Crippen LogP contribution < -0.4 is 16.0 Å². The van der Waals surface area contributed by atoms with Crippen LogP contribution in [0, 0.1) is 0 Å². The molecule has 7 heteroatoms. The van der Waals surface area contributed by atoms with Gasteiger partial charge in [-0.3, -0.25) is 9.78 Å². The number of aromatic nitrogens is 2. The van der Waals surface area contributed by atoms with E-state index in [4.69, 9.17) is 4.74 Å². The van der Waals surface area contributed by atoms with Gasteiger partial charge in [0.25, 0.3) is 0 Å². The van der Waals surface area contributed by atoms with Crippen molar-refractivity contribution in [3.63, 3.8) is 0 Å². The maximum absolute atomic E-state index is 11.5. The van der Waals surface area contributed by atoms with Crippen molar-refractivity contribution >= 4 is 17.5 Å². The molecule has 0 aliphatic rings. The van der Waals surface area contributed by atoms with Gasteiger partial charge in [-0.25, -0.2) is 4.98 Å². The fraction of sp³-hybridized carbons (Fsp3) is 0.370. The summed E-state index contributed by atoms with van der Waals surface area (Å²) in [5.74, 6) is 0.699. The summed E-state index contributed by atoms with van der Waals surface area (Å²) in [6, 6.07) is 20.1. The van der Waals surface area contributed by atoms with Gasteiger partial charge >= 0.3 is 5.97 Å². The zero-order valence-corrected chi connectivity index (χ0v) is 20.3. The van der Waals surface area contributed by atoms with Crippen molar-refractivity contribution in [3.05, 3.63) is 84.3 Å². The summed E-state index contributed by atoms with van der Waals surface area (Å²) in [4.78, 5) is 20.1. The first-order chi connectivity index (χ1) is 16.7. The van der Waals surface area contributed by atoms with Gasteiger partial charge in [0.2, 0.25) is 0 Å². The highest BCUT2D eigenvalue weighted by Gasteiger charge is 2.04. The van der Waals surface area contributed by atoms with Crippen LogP contribution in [0.1, 0.15) is 31.0 Å². The molecule has 2 aromatic heterocycles. The Morgan fingerprint density at radius 2 is 1.68 bits per heavy atom. The van der Waals surface area contributed by atoms with E-state index in [0.29, 0.717) is 19.4 Å². The third-order valence-corrected chi connectivity index (χ3v) is 4.92. The molecular weight excluding hydrogens is 426 g/mol. The number of anilines is 2. The number of nitrogens with zero attached hydrogens (tertiary/aromatic N) is 2. The zero-order chi connectivity index (χ0) is 24.3. The first kappa shape index (κ1) is 26.8. The van der Waals surface area contributed by atoms with Crippen LogP contribution in [-0.4, -0.2) is 49.2 Å². The number of hydrogen-bond acceptors (Lipinski definition) is 7. The molecule has 3 rings (SSSR count). The van der Waals surface area contributed by atoms with Gasteiger partial charge in [0.05, 0.1) is 18.7 Å². The Morgan fingerprint density at radius 1 is 0.912 bits per heavy atom. The first-order valence-electron chi connectivity index (χ1n) is 11.9. The molecule has 34 heavy (non-hydrogen) atoms. The highest BCUT2D eigenvalue weighted by atomic mass is 16.5. The molecule has 0 spiro atoms. The molecule has 3 N–H and O–H groups in total. The van der Waals surface area contributed by atoms with Crippen molar-refractivity contribution in [2.24, 2.45) is 0 Å².